The third kappa shape index (κ3) is 4.18. The minimum absolute atomic E-state index is 0.0902. The summed E-state index contributed by atoms with van der Waals surface area (Å²) in [6.45, 7) is 1.09. The maximum atomic E-state index is 12.9. The molecule has 0 atom stereocenters. The van der Waals surface area contributed by atoms with Gasteiger partial charge in [0.25, 0.3) is 5.91 Å². The lowest BCUT2D eigenvalue weighted by atomic mass is 9.98. The van der Waals surface area contributed by atoms with Gasteiger partial charge >= 0.3 is 0 Å². The van der Waals surface area contributed by atoms with Crippen LogP contribution in [0.3, 0.4) is 0 Å². The maximum Gasteiger partial charge on any atom is 0.268 e. The molecule has 0 bridgehead atoms. The van der Waals surface area contributed by atoms with Crippen LogP contribution >= 0.6 is 11.6 Å². The molecule has 27 heavy (non-hydrogen) atoms. The van der Waals surface area contributed by atoms with Crippen LogP contribution in [0.25, 0.3) is 10.9 Å². The molecule has 1 saturated carbocycles. The first-order valence-electron chi connectivity index (χ1n) is 9.36. The van der Waals surface area contributed by atoms with E-state index in [1.807, 2.05) is 42.5 Å². The van der Waals surface area contributed by atoms with Crippen LogP contribution in [0.15, 0.2) is 54.6 Å². The maximum absolute atomic E-state index is 12.9. The fraction of sp³-hybridized carbons (Fsp3) is 0.318. The number of carbonyl (C=O) groups excluding carboxylic acids is 1. The molecule has 4 nitrogen and oxygen atoms in total. The van der Waals surface area contributed by atoms with E-state index in [2.05, 4.69) is 22.4 Å². The largest absolute Gasteiger partial charge is 0.374 e. The van der Waals surface area contributed by atoms with Gasteiger partial charge in [0.2, 0.25) is 0 Å². The average Bonchev–Trinajstić information content (AvgIpc) is 3.29. The van der Waals surface area contributed by atoms with Gasteiger partial charge in [-0.3, -0.25) is 4.79 Å². The number of amides is 1. The number of carbonyl (C=O) groups is 1. The Morgan fingerprint density at radius 1 is 1.11 bits per heavy atom. The molecular formula is C22H23ClN2O2. The first kappa shape index (κ1) is 18.1. The molecule has 5 heteroatoms. The van der Waals surface area contributed by atoms with Crippen LogP contribution in [0.5, 0.6) is 0 Å². The summed E-state index contributed by atoms with van der Waals surface area (Å²) in [6.07, 6.45) is 4.10. The molecule has 0 aliphatic heterocycles. The predicted octanol–water partition coefficient (Wildman–Crippen LogP) is 5.08. The van der Waals surface area contributed by atoms with E-state index in [-0.39, 0.29) is 11.4 Å². The van der Waals surface area contributed by atoms with Crippen molar-refractivity contribution in [3.63, 3.8) is 0 Å². The Morgan fingerprint density at radius 2 is 1.89 bits per heavy atom. The van der Waals surface area contributed by atoms with Crippen LogP contribution in [0, 0.1) is 0 Å². The molecule has 1 amide bonds. The highest BCUT2D eigenvalue weighted by Crippen LogP contribution is 2.31. The monoisotopic (exact) mass is 382 g/mol. The second kappa shape index (κ2) is 7.75. The van der Waals surface area contributed by atoms with E-state index < -0.39 is 0 Å². The van der Waals surface area contributed by atoms with E-state index in [0.717, 1.165) is 42.1 Å². The number of H-pyrrole nitrogens is 1. The van der Waals surface area contributed by atoms with Crippen molar-refractivity contribution >= 4 is 28.4 Å². The van der Waals surface area contributed by atoms with Gasteiger partial charge in [0.15, 0.2) is 0 Å². The van der Waals surface area contributed by atoms with E-state index in [9.17, 15) is 4.79 Å². The zero-order chi connectivity index (χ0) is 18.7. The molecular weight excluding hydrogens is 360 g/mol. The van der Waals surface area contributed by atoms with Gasteiger partial charge in [-0.15, -0.1) is 0 Å². The molecule has 1 aliphatic carbocycles. The lowest BCUT2D eigenvalue weighted by Crippen LogP contribution is -2.50. The number of aromatic amines is 1. The first-order chi connectivity index (χ1) is 13.1. The molecule has 0 spiro atoms. The van der Waals surface area contributed by atoms with E-state index in [0.29, 0.717) is 23.9 Å². The van der Waals surface area contributed by atoms with Crippen molar-refractivity contribution in [2.45, 2.75) is 37.8 Å². The molecule has 1 fully saturated rings. The molecule has 0 saturated heterocycles. The summed E-state index contributed by atoms with van der Waals surface area (Å²) in [4.78, 5) is 16.0. The molecule has 0 unspecified atom stereocenters. The minimum Gasteiger partial charge on any atom is -0.374 e. The summed E-state index contributed by atoms with van der Waals surface area (Å²) < 4.78 is 5.98. The van der Waals surface area contributed by atoms with E-state index in [1.54, 1.807) is 0 Å². The van der Waals surface area contributed by atoms with Crippen LogP contribution < -0.4 is 5.32 Å². The summed E-state index contributed by atoms with van der Waals surface area (Å²) >= 11 is 6.04. The van der Waals surface area contributed by atoms with Gasteiger partial charge in [0.1, 0.15) is 5.69 Å². The van der Waals surface area contributed by atoms with Gasteiger partial charge in [-0.1, -0.05) is 54.8 Å². The van der Waals surface area contributed by atoms with Crippen molar-refractivity contribution in [2.24, 2.45) is 0 Å². The zero-order valence-electron chi connectivity index (χ0n) is 15.1. The molecule has 2 aromatic carbocycles. The summed E-state index contributed by atoms with van der Waals surface area (Å²) in [6, 6.07) is 17.5. The van der Waals surface area contributed by atoms with Crippen LogP contribution in [-0.4, -0.2) is 23.0 Å². The number of hydrogen-bond acceptors (Lipinski definition) is 2. The van der Waals surface area contributed by atoms with Crippen molar-refractivity contribution in [1.29, 1.82) is 0 Å². The summed E-state index contributed by atoms with van der Waals surface area (Å²) in [5, 5.41) is 4.84. The highest BCUT2D eigenvalue weighted by atomic mass is 35.5. The molecule has 140 valence electrons. The van der Waals surface area contributed by atoms with Crippen LogP contribution in [-0.2, 0) is 11.3 Å². The minimum atomic E-state index is -0.291. The highest BCUT2D eigenvalue weighted by molar-refractivity contribution is 6.31. The zero-order valence-corrected chi connectivity index (χ0v) is 15.9. The Balaban J connectivity index is 1.44. The molecule has 0 radical (unpaired) electrons. The number of ether oxygens (including phenoxy) is 1. The van der Waals surface area contributed by atoms with Gasteiger partial charge in [-0.05, 0) is 42.7 Å². The first-order valence-corrected chi connectivity index (χ1v) is 9.74. The second-order valence-corrected chi connectivity index (χ2v) is 7.77. The van der Waals surface area contributed by atoms with E-state index in [4.69, 9.17) is 16.3 Å². The van der Waals surface area contributed by atoms with Gasteiger partial charge < -0.3 is 15.0 Å². The van der Waals surface area contributed by atoms with Gasteiger partial charge in [0.05, 0.1) is 18.8 Å². The van der Waals surface area contributed by atoms with Crippen molar-refractivity contribution in [3.05, 3.63) is 70.9 Å². The molecule has 2 N–H and O–H groups in total. The topological polar surface area (TPSA) is 54.1 Å². The van der Waals surface area contributed by atoms with Crippen LogP contribution in [0.4, 0.5) is 0 Å². The highest BCUT2D eigenvalue weighted by Gasteiger charge is 2.36. The average molecular weight is 383 g/mol. The van der Waals surface area contributed by atoms with Crippen LogP contribution in [0.1, 0.15) is 41.7 Å². The smallest absolute Gasteiger partial charge is 0.268 e. The molecule has 4 rings (SSSR count). The Hall–Kier alpha value is -2.30. The number of rotatable bonds is 6. The van der Waals surface area contributed by atoms with Gasteiger partial charge in [-0.2, -0.15) is 0 Å². The number of hydrogen-bond donors (Lipinski definition) is 2. The third-order valence-corrected chi connectivity index (χ3v) is 5.49. The number of halogens is 1. The number of aromatic nitrogens is 1. The van der Waals surface area contributed by atoms with Crippen LogP contribution in [0.2, 0.25) is 5.02 Å². The fourth-order valence-corrected chi connectivity index (χ4v) is 4.01. The SMILES string of the molecule is O=C(NC1(COCc2ccccc2)CCCC1)c1cc2cc(Cl)ccc2[nH]1. The van der Waals surface area contributed by atoms with E-state index in [1.165, 1.54) is 0 Å². The molecule has 3 aromatic rings. The molecule has 1 aromatic heterocycles. The Morgan fingerprint density at radius 3 is 2.67 bits per heavy atom. The Bertz CT molecular complexity index is 930. The number of fused-ring (bicyclic) bond motifs is 1. The standard InChI is InChI=1S/C22H23ClN2O2/c23-18-8-9-19-17(12-18)13-20(24-19)21(26)25-22(10-4-5-11-22)15-27-14-16-6-2-1-3-7-16/h1-3,6-9,12-13,24H,4-5,10-11,14-15H2,(H,25,26). The van der Waals surface area contributed by atoms with Crippen molar-refractivity contribution < 1.29 is 9.53 Å². The summed E-state index contributed by atoms with van der Waals surface area (Å²) in [5.41, 5.74) is 2.32. The predicted molar refractivity (Wildman–Crippen MR) is 108 cm³/mol. The number of benzene rings is 2. The third-order valence-electron chi connectivity index (χ3n) is 5.26. The Kier molecular flexibility index (Phi) is 5.19. The summed E-state index contributed by atoms with van der Waals surface area (Å²) in [5.74, 6) is -0.0902. The fourth-order valence-electron chi connectivity index (χ4n) is 3.83. The second-order valence-electron chi connectivity index (χ2n) is 7.33. The lowest BCUT2D eigenvalue weighted by Gasteiger charge is -2.30. The quantitative estimate of drug-likeness (QED) is 0.624. The van der Waals surface area contributed by atoms with Crippen molar-refractivity contribution in [1.82, 2.24) is 10.3 Å². The van der Waals surface area contributed by atoms with Gasteiger partial charge in [0, 0.05) is 15.9 Å². The van der Waals surface area contributed by atoms with Gasteiger partial charge in [-0.25, -0.2) is 0 Å². The Labute approximate surface area is 163 Å². The molecule has 1 heterocycles. The van der Waals surface area contributed by atoms with Crippen molar-refractivity contribution in [3.8, 4) is 0 Å². The molecule has 1 aliphatic rings. The normalized spacial score (nSPS) is 15.9. The van der Waals surface area contributed by atoms with E-state index >= 15 is 0 Å². The number of nitrogens with one attached hydrogen (secondary N) is 2. The summed E-state index contributed by atoms with van der Waals surface area (Å²) in [7, 11) is 0. The van der Waals surface area contributed by atoms with Crippen molar-refractivity contribution in [2.75, 3.05) is 6.61 Å². The lowest BCUT2D eigenvalue weighted by molar-refractivity contribution is 0.0522.